The molecule has 0 fully saturated rings. The van der Waals surface area contributed by atoms with E-state index in [4.69, 9.17) is 9.47 Å². The summed E-state index contributed by atoms with van der Waals surface area (Å²) in [6.07, 6.45) is 0. The molecule has 1 unspecified atom stereocenters. The van der Waals surface area contributed by atoms with Gasteiger partial charge in [0.2, 0.25) is 0 Å². The summed E-state index contributed by atoms with van der Waals surface area (Å²) in [4.78, 5) is 0. The normalized spacial score (nSPS) is 12.0. The van der Waals surface area contributed by atoms with Gasteiger partial charge in [-0.2, -0.15) is 0 Å². The van der Waals surface area contributed by atoms with E-state index in [2.05, 4.69) is 21.2 Å². The molecule has 0 aliphatic heterocycles. The van der Waals surface area contributed by atoms with Gasteiger partial charge in [-0.05, 0) is 36.9 Å². The lowest BCUT2D eigenvalue weighted by molar-refractivity contribution is 0.392. The second-order valence-corrected chi connectivity index (χ2v) is 5.45. The maximum Gasteiger partial charge on any atom is 0.129 e. The smallest absolute Gasteiger partial charge is 0.129 e. The highest BCUT2D eigenvalue weighted by Gasteiger charge is 2.18. The van der Waals surface area contributed by atoms with Crippen molar-refractivity contribution in [2.45, 2.75) is 6.04 Å². The van der Waals surface area contributed by atoms with Crippen LogP contribution in [0.1, 0.15) is 17.2 Å². The molecule has 0 amide bonds. The number of hydrogen-bond acceptors (Lipinski definition) is 3. The van der Waals surface area contributed by atoms with Crippen molar-refractivity contribution < 1.29 is 13.9 Å². The van der Waals surface area contributed by atoms with Gasteiger partial charge in [0, 0.05) is 16.1 Å². The Bertz CT molecular complexity index is 611. The number of nitrogens with one attached hydrogen (secondary N) is 1. The Balaban J connectivity index is 2.50. The third kappa shape index (κ3) is 3.54. The van der Waals surface area contributed by atoms with Crippen LogP contribution in [0.3, 0.4) is 0 Å². The minimum atomic E-state index is -0.290. The average Bonchev–Trinajstić information content (AvgIpc) is 2.49. The molecule has 0 aliphatic rings. The van der Waals surface area contributed by atoms with Crippen molar-refractivity contribution in [3.8, 4) is 11.5 Å². The zero-order valence-electron chi connectivity index (χ0n) is 12.1. The molecule has 0 aliphatic carbocycles. The molecule has 1 N–H and O–H groups in total. The Morgan fingerprint density at radius 3 is 2.14 bits per heavy atom. The topological polar surface area (TPSA) is 30.5 Å². The van der Waals surface area contributed by atoms with Crippen LogP contribution in [0.4, 0.5) is 4.39 Å². The van der Waals surface area contributed by atoms with Crippen LogP contribution in [-0.2, 0) is 0 Å². The first kappa shape index (κ1) is 15.8. The van der Waals surface area contributed by atoms with Crippen molar-refractivity contribution in [3.63, 3.8) is 0 Å². The highest BCUT2D eigenvalue weighted by Crippen LogP contribution is 2.31. The van der Waals surface area contributed by atoms with Gasteiger partial charge in [-0.15, -0.1) is 0 Å². The van der Waals surface area contributed by atoms with E-state index in [0.29, 0.717) is 21.5 Å². The molecule has 2 aromatic carbocycles. The number of halogens is 2. The lowest BCUT2D eigenvalue weighted by Gasteiger charge is -2.19. The lowest BCUT2D eigenvalue weighted by atomic mass is 9.98. The minimum Gasteiger partial charge on any atom is -0.497 e. The SMILES string of the molecule is CNC(c1cc(OC)cc(OC)c1)c1ccc(Br)cc1F. The number of rotatable bonds is 5. The molecule has 3 nitrogen and oxygen atoms in total. The zero-order valence-corrected chi connectivity index (χ0v) is 13.7. The van der Waals surface area contributed by atoms with Crippen molar-refractivity contribution in [1.82, 2.24) is 5.32 Å². The Labute approximate surface area is 132 Å². The molecule has 0 aromatic heterocycles. The summed E-state index contributed by atoms with van der Waals surface area (Å²) < 4.78 is 25.5. The van der Waals surface area contributed by atoms with Gasteiger partial charge >= 0.3 is 0 Å². The molecule has 5 heteroatoms. The van der Waals surface area contributed by atoms with Crippen LogP contribution >= 0.6 is 15.9 Å². The second-order valence-electron chi connectivity index (χ2n) is 4.53. The monoisotopic (exact) mass is 353 g/mol. The first-order valence-electron chi connectivity index (χ1n) is 6.44. The van der Waals surface area contributed by atoms with E-state index in [1.807, 2.05) is 18.2 Å². The van der Waals surface area contributed by atoms with Crippen molar-refractivity contribution in [2.75, 3.05) is 21.3 Å². The highest BCUT2D eigenvalue weighted by atomic mass is 79.9. The summed E-state index contributed by atoms with van der Waals surface area (Å²) in [7, 11) is 4.97. The van der Waals surface area contributed by atoms with Gasteiger partial charge in [-0.1, -0.05) is 22.0 Å². The number of ether oxygens (including phenoxy) is 2. The molecule has 112 valence electrons. The van der Waals surface area contributed by atoms with E-state index < -0.39 is 0 Å². The summed E-state index contributed by atoms with van der Waals surface area (Å²) in [5, 5.41) is 3.13. The molecule has 0 heterocycles. The summed E-state index contributed by atoms with van der Waals surface area (Å²) in [5.74, 6) is 1.06. The third-order valence-electron chi connectivity index (χ3n) is 3.27. The quantitative estimate of drug-likeness (QED) is 0.883. The first-order valence-corrected chi connectivity index (χ1v) is 7.23. The van der Waals surface area contributed by atoms with Gasteiger partial charge < -0.3 is 14.8 Å². The Morgan fingerprint density at radius 2 is 1.67 bits per heavy atom. The van der Waals surface area contributed by atoms with E-state index in [0.717, 1.165) is 5.56 Å². The molecule has 0 saturated heterocycles. The number of benzene rings is 2. The number of hydrogen-bond donors (Lipinski definition) is 1. The van der Waals surface area contributed by atoms with Crippen molar-refractivity contribution in [3.05, 3.63) is 57.8 Å². The zero-order chi connectivity index (χ0) is 15.4. The lowest BCUT2D eigenvalue weighted by Crippen LogP contribution is -2.19. The minimum absolute atomic E-state index is 0.273. The van der Waals surface area contributed by atoms with Gasteiger partial charge in [0.05, 0.1) is 20.3 Å². The molecule has 0 radical (unpaired) electrons. The van der Waals surface area contributed by atoms with Gasteiger partial charge in [-0.3, -0.25) is 0 Å². The number of methoxy groups -OCH3 is 2. The van der Waals surface area contributed by atoms with E-state index in [1.165, 1.54) is 6.07 Å². The van der Waals surface area contributed by atoms with Gasteiger partial charge in [0.1, 0.15) is 17.3 Å². The van der Waals surface area contributed by atoms with Crippen molar-refractivity contribution >= 4 is 15.9 Å². The van der Waals surface area contributed by atoms with Gasteiger partial charge in [0.25, 0.3) is 0 Å². The molecular formula is C16H17BrFNO2. The first-order chi connectivity index (χ1) is 10.1. The van der Waals surface area contributed by atoms with E-state index in [1.54, 1.807) is 33.4 Å². The van der Waals surface area contributed by atoms with E-state index in [-0.39, 0.29) is 11.9 Å². The van der Waals surface area contributed by atoms with Crippen LogP contribution in [0.25, 0.3) is 0 Å². The Kier molecular flexibility index (Phi) is 5.20. The second kappa shape index (κ2) is 6.91. The van der Waals surface area contributed by atoms with Crippen molar-refractivity contribution in [2.24, 2.45) is 0 Å². The maximum absolute atomic E-state index is 14.2. The van der Waals surface area contributed by atoms with E-state index in [9.17, 15) is 4.39 Å². The molecule has 2 aromatic rings. The summed E-state index contributed by atoms with van der Waals surface area (Å²) >= 11 is 3.27. The van der Waals surface area contributed by atoms with Crippen LogP contribution in [0.2, 0.25) is 0 Å². The summed E-state index contributed by atoms with van der Waals surface area (Å²) in [5.41, 5.74) is 1.44. The fraction of sp³-hybridized carbons (Fsp3) is 0.250. The van der Waals surface area contributed by atoms with Gasteiger partial charge in [-0.25, -0.2) is 4.39 Å². The molecule has 0 bridgehead atoms. The molecule has 2 rings (SSSR count). The molecular weight excluding hydrogens is 337 g/mol. The van der Waals surface area contributed by atoms with Gasteiger partial charge in [0.15, 0.2) is 0 Å². The summed E-state index contributed by atoms with van der Waals surface area (Å²) in [6, 6.07) is 10.3. The van der Waals surface area contributed by atoms with Crippen LogP contribution in [0, 0.1) is 5.82 Å². The average molecular weight is 354 g/mol. The predicted octanol–water partition coefficient (Wildman–Crippen LogP) is 3.91. The molecule has 0 saturated carbocycles. The maximum atomic E-state index is 14.2. The van der Waals surface area contributed by atoms with Crippen LogP contribution in [0.15, 0.2) is 40.9 Å². The fourth-order valence-electron chi connectivity index (χ4n) is 2.23. The predicted molar refractivity (Wildman–Crippen MR) is 84.5 cm³/mol. The fourth-order valence-corrected chi connectivity index (χ4v) is 2.57. The largest absolute Gasteiger partial charge is 0.497 e. The Morgan fingerprint density at radius 1 is 1.05 bits per heavy atom. The van der Waals surface area contributed by atoms with Crippen LogP contribution in [-0.4, -0.2) is 21.3 Å². The molecule has 21 heavy (non-hydrogen) atoms. The Hall–Kier alpha value is -1.59. The third-order valence-corrected chi connectivity index (χ3v) is 3.76. The molecule has 0 spiro atoms. The summed E-state index contributed by atoms with van der Waals surface area (Å²) in [6.45, 7) is 0. The highest BCUT2D eigenvalue weighted by molar-refractivity contribution is 9.10. The standard InChI is InChI=1S/C16H17BrFNO2/c1-19-16(14-5-4-11(17)8-15(14)18)10-6-12(20-2)9-13(7-10)21-3/h4-9,16,19H,1-3H3. The van der Waals surface area contributed by atoms with Crippen molar-refractivity contribution in [1.29, 1.82) is 0 Å². The van der Waals surface area contributed by atoms with Crippen LogP contribution in [0.5, 0.6) is 11.5 Å². The molecule has 1 atom stereocenters. The van der Waals surface area contributed by atoms with Crippen LogP contribution < -0.4 is 14.8 Å². The van der Waals surface area contributed by atoms with E-state index >= 15 is 0 Å².